The predicted molar refractivity (Wildman–Crippen MR) is 36.7 cm³/mol. The van der Waals surface area contributed by atoms with E-state index in [1.807, 2.05) is 0 Å². The second-order valence-electron chi connectivity index (χ2n) is 3.39. The van der Waals surface area contributed by atoms with Gasteiger partial charge < -0.3 is 0 Å². The van der Waals surface area contributed by atoms with Crippen LogP contribution in [0.3, 0.4) is 0 Å². The average Bonchev–Trinajstić information content (AvgIpc) is 1.98. The van der Waals surface area contributed by atoms with Gasteiger partial charge in [0.05, 0.1) is 0 Å². The zero-order valence-electron chi connectivity index (χ0n) is 6.15. The summed E-state index contributed by atoms with van der Waals surface area (Å²) >= 11 is 0. The van der Waals surface area contributed by atoms with Gasteiger partial charge in [0.15, 0.2) is 0 Å². The fraction of sp³-hybridized carbons (Fsp3) is 1.00. The van der Waals surface area contributed by atoms with E-state index in [9.17, 15) is 0 Å². The molecule has 0 aromatic heterocycles. The molecule has 0 aliphatic heterocycles. The highest BCUT2D eigenvalue weighted by Crippen LogP contribution is 2.35. The van der Waals surface area contributed by atoms with Gasteiger partial charge in [-0.25, -0.2) is 0 Å². The molecular formula is C8H16. The van der Waals surface area contributed by atoms with Crippen LogP contribution in [-0.2, 0) is 0 Å². The van der Waals surface area contributed by atoms with E-state index in [0.29, 0.717) is 0 Å². The van der Waals surface area contributed by atoms with Crippen LogP contribution in [0.2, 0.25) is 0 Å². The summed E-state index contributed by atoms with van der Waals surface area (Å²) in [4.78, 5) is 0. The summed E-state index contributed by atoms with van der Waals surface area (Å²) in [5.74, 6) is 2.96. The third kappa shape index (κ3) is 0.888. The highest BCUT2D eigenvalue weighted by atomic mass is 14.3. The smallest absolute Gasteiger partial charge is 0.0391 e. The van der Waals surface area contributed by atoms with Crippen molar-refractivity contribution in [2.75, 3.05) is 0 Å². The van der Waals surface area contributed by atoms with E-state index in [2.05, 4.69) is 20.8 Å². The van der Waals surface area contributed by atoms with E-state index in [-0.39, 0.29) is 0 Å². The molecule has 0 saturated heterocycles. The Bertz CT molecular complexity index is 66.1. The molecule has 1 rings (SSSR count). The third-order valence-corrected chi connectivity index (χ3v) is 2.87. The van der Waals surface area contributed by atoms with Crippen molar-refractivity contribution in [1.29, 1.82) is 0 Å². The SMILES string of the molecule is CC1[C@H](C)CC[C@@H]1C. The molecule has 0 spiro atoms. The van der Waals surface area contributed by atoms with E-state index in [1.54, 1.807) is 0 Å². The van der Waals surface area contributed by atoms with Gasteiger partial charge in [-0.3, -0.25) is 0 Å². The molecule has 0 amide bonds. The van der Waals surface area contributed by atoms with Gasteiger partial charge in [0.25, 0.3) is 0 Å². The number of rotatable bonds is 0. The van der Waals surface area contributed by atoms with Gasteiger partial charge in [-0.2, -0.15) is 0 Å². The van der Waals surface area contributed by atoms with Crippen molar-refractivity contribution in [2.45, 2.75) is 33.6 Å². The number of hydrogen-bond acceptors (Lipinski definition) is 0. The minimum Gasteiger partial charge on any atom is -0.0622 e. The van der Waals surface area contributed by atoms with Gasteiger partial charge in [-0.15, -0.1) is 0 Å². The minimum atomic E-state index is 0.981. The van der Waals surface area contributed by atoms with Crippen molar-refractivity contribution in [3.63, 3.8) is 0 Å². The van der Waals surface area contributed by atoms with Crippen LogP contribution in [0.1, 0.15) is 33.6 Å². The van der Waals surface area contributed by atoms with Crippen LogP contribution in [-0.4, -0.2) is 0 Å². The van der Waals surface area contributed by atoms with Gasteiger partial charge in [0, 0.05) is 0 Å². The van der Waals surface area contributed by atoms with E-state index in [4.69, 9.17) is 0 Å². The molecule has 1 fully saturated rings. The summed E-state index contributed by atoms with van der Waals surface area (Å²) in [6.45, 7) is 7.12. The summed E-state index contributed by atoms with van der Waals surface area (Å²) in [5.41, 5.74) is 0. The van der Waals surface area contributed by atoms with E-state index in [0.717, 1.165) is 17.8 Å². The molecule has 1 unspecified atom stereocenters. The third-order valence-electron chi connectivity index (χ3n) is 2.87. The molecule has 0 heteroatoms. The highest BCUT2D eigenvalue weighted by molar-refractivity contribution is 4.75. The molecule has 0 heterocycles. The first kappa shape index (κ1) is 6.12. The molecule has 0 aromatic carbocycles. The zero-order valence-corrected chi connectivity index (χ0v) is 6.15. The maximum Gasteiger partial charge on any atom is -0.0391 e. The minimum absolute atomic E-state index is 0.981. The highest BCUT2D eigenvalue weighted by Gasteiger charge is 2.25. The average molecular weight is 112 g/mol. The Balaban J connectivity index is 2.44. The van der Waals surface area contributed by atoms with Crippen molar-refractivity contribution in [1.82, 2.24) is 0 Å². The van der Waals surface area contributed by atoms with Crippen LogP contribution < -0.4 is 0 Å². The lowest BCUT2D eigenvalue weighted by Gasteiger charge is -2.11. The maximum absolute atomic E-state index is 2.38. The first-order chi connectivity index (χ1) is 3.72. The Morgan fingerprint density at radius 2 is 1.25 bits per heavy atom. The molecule has 8 heavy (non-hydrogen) atoms. The second kappa shape index (κ2) is 2.08. The maximum atomic E-state index is 2.38. The van der Waals surface area contributed by atoms with Crippen LogP contribution >= 0.6 is 0 Å². The molecule has 1 saturated carbocycles. The Morgan fingerprint density at radius 1 is 0.875 bits per heavy atom. The summed E-state index contributed by atoms with van der Waals surface area (Å²) < 4.78 is 0. The van der Waals surface area contributed by atoms with E-state index < -0.39 is 0 Å². The zero-order chi connectivity index (χ0) is 6.15. The Labute approximate surface area is 52.3 Å². The molecular weight excluding hydrogens is 96.1 g/mol. The normalized spacial score (nSPS) is 47.6. The summed E-state index contributed by atoms with van der Waals surface area (Å²) in [5, 5.41) is 0. The molecule has 0 bridgehead atoms. The Hall–Kier alpha value is 0. The van der Waals surface area contributed by atoms with Gasteiger partial charge in [0.2, 0.25) is 0 Å². The monoisotopic (exact) mass is 112 g/mol. The van der Waals surface area contributed by atoms with E-state index in [1.165, 1.54) is 12.8 Å². The number of hydrogen-bond donors (Lipinski definition) is 0. The topological polar surface area (TPSA) is 0 Å². The van der Waals surface area contributed by atoms with Gasteiger partial charge in [-0.1, -0.05) is 33.6 Å². The Morgan fingerprint density at radius 3 is 1.38 bits per heavy atom. The largest absolute Gasteiger partial charge is 0.0622 e. The first-order valence-corrected chi connectivity index (χ1v) is 3.72. The van der Waals surface area contributed by atoms with Crippen molar-refractivity contribution >= 4 is 0 Å². The van der Waals surface area contributed by atoms with Gasteiger partial charge in [0.1, 0.15) is 0 Å². The van der Waals surface area contributed by atoms with Crippen LogP contribution in [0.5, 0.6) is 0 Å². The fourth-order valence-electron chi connectivity index (χ4n) is 1.61. The predicted octanol–water partition coefficient (Wildman–Crippen LogP) is 2.69. The van der Waals surface area contributed by atoms with Gasteiger partial charge >= 0.3 is 0 Å². The molecule has 3 atom stereocenters. The van der Waals surface area contributed by atoms with Crippen LogP contribution in [0.25, 0.3) is 0 Å². The van der Waals surface area contributed by atoms with E-state index >= 15 is 0 Å². The molecule has 0 aromatic rings. The fourth-order valence-corrected chi connectivity index (χ4v) is 1.61. The lowest BCUT2D eigenvalue weighted by molar-refractivity contribution is 0.380. The van der Waals surface area contributed by atoms with Crippen molar-refractivity contribution in [2.24, 2.45) is 17.8 Å². The molecule has 1 aliphatic carbocycles. The summed E-state index contributed by atoms with van der Waals surface area (Å²) in [6, 6.07) is 0. The van der Waals surface area contributed by atoms with Crippen LogP contribution in [0.15, 0.2) is 0 Å². The molecule has 0 nitrogen and oxygen atoms in total. The lowest BCUT2D eigenvalue weighted by Crippen LogP contribution is -2.04. The van der Waals surface area contributed by atoms with Crippen molar-refractivity contribution < 1.29 is 0 Å². The van der Waals surface area contributed by atoms with Crippen molar-refractivity contribution in [3.05, 3.63) is 0 Å². The molecule has 48 valence electrons. The van der Waals surface area contributed by atoms with Gasteiger partial charge in [-0.05, 0) is 17.8 Å². The summed E-state index contributed by atoms with van der Waals surface area (Å²) in [6.07, 6.45) is 2.92. The standard InChI is InChI=1S/C8H16/c1-6-4-5-7(2)8(6)3/h6-8H,4-5H2,1-3H3/t6-,7+,8?. The Kier molecular flexibility index (Phi) is 1.59. The second-order valence-corrected chi connectivity index (χ2v) is 3.39. The summed E-state index contributed by atoms with van der Waals surface area (Å²) in [7, 11) is 0. The van der Waals surface area contributed by atoms with Crippen molar-refractivity contribution in [3.8, 4) is 0 Å². The first-order valence-electron chi connectivity index (χ1n) is 3.72. The molecule has 0 radical (unpaired) electrons. The quantitative estimate of drug-likeness (QED) is 0.452. The molecule has 1 aliphatic rings. The van der Waals surface area contributed by atoms with Crippen LogP contribution in [0.4, 0.5) is 0 Å². The van der Waals surface area contributed by atoms with Crippen LogP contribution in [0, 0.1) is 17.8 Å². The lowest BCUT2D eigenvalue weighted by atomic mass is 9.94. The molecule has 0 N–H and O–H groups in total.